The lowest BCUT2D eigenvalue weighted by Crippen LogP contribution is -2.64. The molecule has 0 saturated carbocycles. The zero-order valence-corrected chi connectivity index (χ0v) is 14.2. The van der Waals surface area contributed by atoms with Gasteiger partial charge in [0.1, 0.15) is 11.7 Å². The Morgan fingerprint density at radius 1 is 1.29 bits per heavy atom. The average molecular weight is 347 g/mol. The third-order valence-electron chi connectivity index (χ3n) is 5.03. The Morgan fingerprint density at radius 3 is 2.92 bits per heavy atom. The molecular formula is C17H19ClN4O2. The highest BCUT2D eigenvalue weighted by molar-refractivity contribution is 6.35. The Hall–Kier alpha value is -2.05. The van der Waals surface area contributed by atoms with E-state index in [-0.39, 0.29) is 17.9 Å². The standard InChI is InChI=1S/C17H19ClN4O2/c1-20-13-4-2-3-12(18)11(13)9-14(20)17(24)22-8-7-21-6-5-19-16(23)15(21)10-22/h2-4,9,15H,5-8,10H2,1H3,(H,19,23). The number of nitrogens with zero attached hydrogens (tertiary/aromatic N) is 3. The van der Waals surface area contributed by atoms with Gasteiger partial charge in [0.25, 0.3) is 5.91 Å². The van der Waals surface area contributed by atoms with E-state index < -0.39 is 0 Å². The van der Waals surface area contributed by atoms with Gasteiger partial charge >= 0.3 is 0 Å². The minimum atomic E-state index is -0.241. The van der Waals surface area contributed by atoms with Gasteiger partial charge in [0.05, 0.1) is 0 Å². The van der Waals surface area contributed by atoms with Gasteiger partial charge < -0.3 is 14.8 Å². The Bertz CT molecular complexity index is 831. The summed E-state index contributed by atoms with van der Waals surface area (Å²) in [7, 11) is 1.87. The van der Waals surface area contributed by atoms with Crippen molar-refractivity contribution in [3.05, 3.63) is 35.0 Å². The maximum absolute atomic E-state index is 13.0. The van der Waals surface area contributed by atoms with Crippen LogP contribution in [0.25, 0.3) is 10.9 Å². The van der Waals surface area contributed by atoms with Gasteiger partial charge in [0, 0.05) is 55.7 Å². The molecule has 24 heavy (non-hydrogen) atoms. The zero-order valence-electron chi connectivity index (χ0n) is 13.5. The van der Waals surface area contributed by atoms with Gasteiger partial charge in [-0.15, -0.1) is 0 Å². The molecule has 6 nitrogen and oxygen atoms in total. The average Bonchev–Trinajstić information content (AvgIpc) is 2.93. The third-order valence-corrected chi connectivity index (χ3v) is 5.36. The summed E-state index contributed by atoms with van der Waals surface area (Å²) in [6.45, 7) is 3.33. The van der Waals surface area contributed by atoms with Crippen LogP contribution >= 0.6 is 11.6 Å². The molecule has 7 heteroatoms. The summed E-state index contributed by atoms with van der Waals surface area (Å²) < 4.78 is 1.87. The lowest BCUT2D eigenvalue weighted by atomic mass is 10.1. The first-order chi connectivity index (χ1) is 11.6. The van der Waals surface area contributed by atoms with Crippen LogP contribution in [0.4, 0.5) is 0 Å². The molecule has 1 atom stereocenters. The molecule has 2 fully saturated rings. The number of fused-ring (bicyclic) bond motifs is 2. The van der Waals surface area contributed by atoms with Gasteiger partial charge in [-0.05, 0) is 18.2 Å². The van der Waals surface area contributed by atoms with Crippen LogP contribution < -0.4 is 5.32 Å². The maximum Gasteiger partial charge on any atom is 0.270 e. The lowest BCUT2D eigenvalue weighted by molar-refractivity contribution is -0.131. The van der Waals surface area contributed by atoms with Crippen molar-refractivity contribution >= 4 is 34.3 Å². The van der Waals surface area contributed by atoms with Crippen LogP contribution in [0.15, 0.2) is 24.3 Å². The van der Waals surface area contributed by atoms with E-state index in [1.807, 2.05) is 35.9 Å². The molecule has 1 aromatic carbocycles. The summed E-state index contributed by atoms with van der Waals surface area (Å²) in [5, 5.41) is 4.39. The first-order valence-electron chi connectivity index (χ1n) is 8.11. The van der Waals surface area contributed by atoms with Crippen molar-refractivity contribution in [2.75, 3.05) is 32.7 Å². The zero-order chi connectivity index (χ0) is 16.8. The van der Waals surface area contributed by atoms with Crippen molar-refractivity contribution < 1.29 is 9.59 Å². The molecule has 1 N–H and O–H groups in total. The number of piperazine rings is 2. The predicted molar refractivity (Wildman–Crippen MR) is 92.2 cm³/mol. The van der Waals surface area contributed by atoms with Crippen LogP contribution in [0, 0.1) is 0 Å². The number of aryl methyl sites for hydroxylation is 1. The second-order valence-electron chi connectivity index (χ2n) is 6.36. The number of halogens is 1. The fraction of sp³-hybridized carbons (Fsp3) is 0.412. The molecule has 0 radical (unpaired) electrons. The molecule has 2 aromatic rings. The van der Waals surface area contributed by atoms with Crippen molar-refractivity contribution in [1.29, 1.82) is 0 Å². The summed E-state index contributed by atoms with van der Waals surface area (Å²) >= 11 is 6.25. The molecule has 2 aliphatic heterocycles. The van der Waals surface area contributed by atoms with Crippen molar-refractivity contribution in [1.82, 2.24) is 19.7 Å². The predicted octanol–water partition coefficient (Wildman–Crippen LogP) is 1.09. The van der Waals surface area contributed by atoms with Crippen molar-refractivity contribution in [3.63, 3.8) is 0 Å². The highest BCUT2D eigenvalue weighted by Gasteiger charge is 2.37. The lowest BCUT2D eigenvalue weighted by Gasteiger charge is -2.42. The van der Waals surface area contributed by atoms with E-state index in [0.717, 1.165) is 24.0 Å². The first kappa shape index (κ1) is 15.5. The van der Waals surface area contributed by atoms with Crippen molar-refractivity contribution in [3.8, 4) is 0 Å². The van der Waals surface area contributed by atoms with Crippen LogP contribution in [0.3, 0.4) is 0 Å². The van der Waals surface area contributed by atoms with Crippen LogP contribution in [0.2, 0.25) is 5.02 Å². The molecule has 2 aliphatic rings. The van der Waals surface area contributed by atoms with Gasteiger partial charge in [-0.2, -0.15) is 0 Å². The Labute approximate surface area is 145 Å². The summed E-state index contributed by atoms with van der Waals surface area (Å²) in [6, 6.07) is 7.25. The van der Waals surface area contributed by atoms with E-state index in [1.54, 1.807) is 4.90 Å². The second-order valence-corrected chi connectivity index (χ2v) is 6.76. The van der Waals surface area contributed by atoms with E-state index in [9.17, 15) is 9.59 Å². The minimum Gasteiger partial charge on any atom is -0.353 e. The van der Waals surface area contributed by atoms with Crippen LogP contribution in [0.1, 0.15) is 10.5 Å². The first-order valence-corrected chi connectivity index (χ1v) is 8.49. The van der Waals surface area contributed by atoms with Gasteiger partial charge in [-0.1, -0.05) is 17.7 Å². The number of rotatable bonds is 1. The highest BCUT2D eigenvalue weighted by atomic mass is 35.5. The summed E-state index contributed by atoms with van der Waals surface area (Å²) in [5.74, 6) is -0.0402. The van der Waals surface area contributed by atoms with E-state index in [0.29, 0.717) is 30.4 Å². The highest BCUT2D eigenvalue weighted by Crippen LogP contribution is 2.27. The molecule has 3 heterocycles. The monoisotopic (exact) mass is 346 g/mol. The van der Waals surface area contributed by atoms with Crippen molar-refractivity contribution in [2.24, 2.45) is 7.05 Å². The normalized spacial score (nSPS) is 21.7. The van der Waals surface area contributed by atoms with Gasteiger partial charge in [-0.3, -0.25) is 14.5 Å². The SMILES string of the molecule is Cn1c(C(=O)N2CCN3CCNC(=O)C3C2)cc2c(Cl)cccc21. The summed E-state index contributed by atoms with van der Waals surface area (Å²) in [4.78, 5) is 29.0. The largest absolute Gasteiger partial charge is 0.353 e. The van der Waals surface area contributed by atoms with Crippen LogP contribution in [-0.4, -0.2) is 64.9 Å². The number of hydrogen-bond donors (Lipinski definition) is 1. The molecule has 1 aromatic heterocycles. The molecular weight excluding hydrogens is 328 g/mol. The smallest absolute Gasteiger partial charge is 0.270 e. The molecule has 0 spiro atoms. The fourth-order valence-corrected chi connectivity index (χ4v) is 3.88. The molecule has 126 valence electrons. The van der Waals surface area contributed by atoms with Gasteiger partial charge in [0.2, 0.25) is 5.91 Å². The number of carbonyl (C=O) groups is 2. The Kier molecular flexibility index (Phi) is 3.73. The Morgan fingerprint density at radius 2 is 2.12 bits per heavy atom. The van der Waals surface area contributed by atoms with E-state index in [2.05, 4.69) is 10.2 Å². The molecule has 1 unspecified atom stereocenters. The number of carbonyl (C=O) groups excluding carboxylic acids is 2. The molecule has 2 amide bonds. The summed E-state index contributed by atoms with van der Waals surface area (Å²) in [5.41, 5.74) is 1.53. The number of benzene rings is 1. The Balaban J connectivity index is 1.63. The van der Waals surface area contributed by atoms with Crippen molar-refractivity contribution in [2.45, 2.75) is 6.04 Å². The second kappa shape index (κ2) is 5.79. The number of nitrogens with one attached hydrogen (secondary N) is 1. The number of hydrogen-bond acceptors (Lipinski definition) is 3. The van der Waals surface area contributed by atoms with E-state index in [1.165, 1.54) is 0 Å². The van der Waals surface area contributed by atoms with Gasteiger partial charge in [0.15, 0.2) is 0 Å². The maximum atomic E-state index is 13.0. The van der Waals surface area contributed by atoms with Crippen LogP contribution in [0.5, 0.6) is 0 Å². The number of aromatic nitrogens is 1. The van der Waals surface area contributed by atoms with E-state index >= 15 is 0 Å². The van der Waals surface area contributed by atoms with Crippen LogP contribution in [-0.2, 0) is 11.8 Å². The fourth-order valence-electron chi connectivity index (χ4n) is 3.65. The molecule has 0 bridgehead atoms. The van der Waals surface area contributed by atoms with E-state index in [4.69, 9.17) is 11.6 Å². The van der Waals surface area contributed by atoms with Gasteiger partial charge in [-0.25, -0.2) is 0 Å². The molecule has 2 saturated heterocycles. The third kappa shape index (κ3) is 2.37. The quantitative estimate of drug-likeness (QED) is 0.841. The topological polar surface area (TPSA) is 57.6 Å². The molecule has 0 aliphatic carbocycles. The minimum absolute atomic E-state index is 0.0128. The molecule has 4 rings (SSSR count). The number of amides is 2. The summed E-state index contributed by atoms with van der Waals surface area (Å²) in [6.07, 6.45) is 0.